The van der Waals surface area contributed by atoms with Crippen LogP contribution in [0.25, 0.3) is 33.3 Å². The molecule has 0 bridgehead atoms. The van der Waals surface area contributed by atoms with Crippen LogP contribution in [-0.2, 0) is 4.74 Å². The Morgan fingerprint density at radius 1 is 0.968 bits per heavy atom. The lowest BCUT2D eigenvalue weighted by atomic mass is 9.98. The van der Waals surface area contributed by atoms with E-state index in [0.29, 0.717) is 17.9 Å². The molecule has 0 spiro atoms. The van der Waals surface area contributed by atoms with Gasteiger partial charge in [-0.05, 0) is 53.9 Å². The first-order valence-corrected chi connectivity index (χ1v) is 9.75. The molecule has 31 heavy (non-hydrogen) atoms. The Hall–Kier alpha value is -3.69. The summed E-state index contributed by atoms with van der Waals surface area (Å²) in [5.74, 6) is -1.30. The number of hydrogen-bond acceptors (Lipinski definition) is 3. The number of fused-ring (bicyclic) bond motifs is 1. The van der Waals surface area contributed by atoms with E-state index in [1.807, 2.05) is 37.3 Å². The SMILES string of the molecule is COCCOc1cc(F)c(-c2cc3cc(-c4ccc(C#N)cc4C)ccc3[nH]2)c(F)c1. The average molecular weight is 418 g/mol. The number of benzene rings is 3. The van der Waals surface area contributed by atoms with Crippen LogP contribution >= 0.6 is 0 Å². The zero-order valence-electron chi connectivity index (χ0n) is 17.1. The zero-order chi connectivity index (χ0) is 22.0. The van der Waals surface area contributed by atoms with Crippen molar-refractivity contribution < 1.29 is 18.3 Å². The molecule has 0 aliphatic heterocycles. The highest BCUT2D eigenvalue weighted by atomic mass is 19.1. The molecule has 4 aromatic rings. The number of rotatable bonds is 6. The van der Waals surface area contributed by atoms with Crippen molar-refractivity contribution in [1.29, 1.82) is 5.26 Å². The van der Waals surface area contributed by atoms with Crippen LogP contribution < -0.4 is 4.74 Å². The Morgan fingerprint density at radius 3 is 2.42 bits per heavy atom. The molecule has 6 heteroatoms. The summed E-state index contributed by atoms with van der Waals surface area (Å²) in [6.45, 7) is 2.48. The maximum absolute atomic E-state index is 14.7. The van der Waals surface area contributed by atoms with Gasteiger partial charge in [-0.3, -0.25) is 0 Å². The molecular weight excluding hydrogens is 398 g/mol. The summed E-state index contributed by atoms with van der Waals surface area (Å²) in [4.78, 5) is 3.09. The molecule has 156 valence electrons. The Labute approximate surface area is 178 Å². The number of aromatic amines is 1. The van der Waals surface area contributed by atoms with E-state index in [9.17, 15) is 8.78 Å². The van der Waals surface area contributed by atoms with Crippen LogP contribution in [0.4, 0.5) is 8.78 Å². The van der Waals surface area contributed by atoms with E-state index in [-0.39, 0.29) is 17.9 Å². The van der Waals surface area contributed by atoms with Gasteiger partial charge in [-0.15, -0.1) is 0 Å². The summed E-state index contributed by atoms with van der Waals surface area (Å²) in [6, 6.07) is 17.5. The van der Waals surface area contributed by atoms with Crippen molar-refractivity contribution in [3.05, 3.63) is 77.4 Å². The van der Waals surface area contributed by atoms with Gasteiger partial charge in [0.2, 0.25) is 0 Å². The fourth-order valence-corrected chi connectivity index (χ4v) is 3.63. The smallest absolute Gasteiger partial charge is 0.139 e. The molecule has 0 radical (unpaired) electrons. The summed E-state index contributed by atoms with van der Waals surface area (Å²) in [7, 11) is 1.53. The van der Waals surface area contributed by atoms with E-state index >= 15 is 0 Å². The fraction of sp³-hybridized carbons (Fsp3) is 0.160. The first-order chi connectivity index (χ1) is 15.0. The minimum atomic E-state index is -0.706. The lowest BCUT2D eigenvalue weighted by Crippen LogP contribution is -2.05. The van der Waals surface area contributed by atoms with E-state index in [4.69, 9.17) is 14.7 Å². The van der Waals surface area contributed by atoms with E-state index in [1.165, 1.54) is 19.2 Å². The molecule has 0 fully saturated rings. The van der Waals surface area contributed by atoms with Gasteiger partial charge in [0, 0.05) is 30.1 Å². The number of methoxy groups -OCH3 is 1. The third-order valence-corrected chi connectivity index (χ3v) is 5.13. The Kier molecular flexibility index (Phi) is 5.70. The second kappa shape index (κ2) is 8.58. The van der Waals surface area contributed by atoms with Crippen molar-refractivity contribution in [2.45, 2.75) is 6.92 Å². The molecule has 0 aliphatic carbocycles. The number of nitriles is 1. The molecule has 0 saturated carbocycles. The third kappa shape index (κ3) is 4.14. The fourth-order valence-electron chi connectivity index (χ4n) is 3.63. The molecule has 0 atom stereocenters. The molecule has 0 unspecified atom stereocenters. The molecule has 0 aliphatic rings. The van der Waals surface area contributed by atoms with Gasteiger partial charge in [0.05, 0.1) is 29.5 Å². The van der Waals surface area contributed by atoms with Gasteiger partial charge >= 0.3 is 0 Å². The van der Waals surface area contributed by atoms with Crippen molar-refractivity contribution in [3.63, 3.8) is 0 Å². The summed E-state index contributed by atoms with van der Waals surface area (Å²) >= 11 is 0. The summed E-state index contributed by atoms with van der Waals surface area (Å²) in [5.41, 5.74) is 4.53. The lowest BCUT2D eigenvalue weighted by Gasteiger charge is -2.08. The first kappa shape index (κ1) is 20.6. The molecule has 1 heterocycles. The van der Waals surface area contributed by atoms with E-state index in [1.54, 1.807) is 12.1 Å². The molecule has 4 nitrogen and oxygen atoms in total. The number of H-pyrrole nitrogens is 1. The standard InChI is InChI=1S/C25H20F2N2O2/c1-15-9-16(14-28)3-5-20(15)17-4-6-23-18(10-17)11-24(29-23)25-21(26)12-19(13-22(25)27)31-8-7-30-2/h3-6,9-13,29H,7-8H2,1-2H3. The van der Waals surface area contributed by atoms with Gasteiger partial charge in [0.15, 0.2) is 0 Å². The number of halogens is 2. The second-order valence-corrected chi connectivity index (χ2v) is 7.23. The lowest BCUT2D eigenvalue weighted by molar-refractivity contribution is 0.146. The minimum absolute atomic E-state index is 0.116. The molecule has 1 N–H and O–H groups in total. The highest BCUT2D eigenvalue weighted by Gasteiger charge is 2.17. The van der Waals surface area contributed by atoms with Crippen LogP contribution in [0.15, 0.2) is 54.6 Å². The maximum Gasteiger partial charge on any atom is 0.139 e. The van der Waals surface area contributed by atoms with Crippen LogP contribution in [0.5, 0.6) is 5.75 Å². The van der Waals surface area contributed by atoms with Crippen molar-refractivity contribution in [3.8, 4) is 34.2 Å². The predicted molar refractivity (Wildman–Crippen MR) is 116 cm³/mol. The highest BCUT2D eigenvalue weighted by molar-refractivity contribution is 5.90. The van der Waals surface area contributed by atoms with Gasteiger partial charge in [-0.2, -0.15) is 5.26 Å². The van der Waals surface area contributed by atoms with Crippen LogP contribution in [0.1, 0.15) is 11.1 Å². The van der Waals surface area contributed by atoms with Gasteiger partial charge in [-0.25, -0.2) is 8.78 Å². The van der Waals surface area contributed by atoms with Crippen molar-refractivity contribution in [2.75, 3.05) is 20.3 Å². The number of aryl methyl sites for hydroxylation is 1. The molecule has 0 amide bonds. The second-order valence-electron chi connectivity index (χ2n) is 7.23. The van der Waals surface area contributed by atoms with E-state index in [0.717, 1.165) is 27.6 Å². The van der Waals surface area contributed by atoms with E-state index < -0.39 is 11.6 Å². The van der Waals surface area contributed by atoms with Gasteiger partial charge < -0.3 is 14.5 Å². The molecular formula is C25H20F2N2O2. The highest BCUT2D eigenvalue weighted by Crippen LogP contribution is 2.33. The van der Waals surface area contributed by atoms with Crippen molar-refractivity contribution >= 4 is 10.9 Å². The Bertz CT molecular complexity index is 1280. The summed E-state index contributed by atoms with van der Waals surface area (Å²) in [6.07, 6.45) is 0. The number of ether oxygens (including phenoxy) is 2. The Balaban J connectivity index is 1.70. The van der Waals surface area contributed by atoms with Crippen LogP contribution in [0.3, 0.4) is 0 Å². The maximum atomic E-state index is 14.7. The number of hydrogen-bond donors (Lipinski definition) is 1. The number of nitrogens with zero attached hydrogens (tertiary/aromatic N) is 1. The monoisotopic (exact) mass is 418 g/mol. The van der Waals surface area contributed by atoms with Crippen LogP contribution in [0, 0.1) is 29.9 Å². The first-order valence-electron chi connectivity index (χ1n) is 9.75. The van der Waals surface area contributed by atoms with Crippen LogP contribution in [-0.4, -0.2) is 25.3 Å². The largest absolute Gasteiger partial charge is 0.491 e. The van der Waals surface area contributed by atoms with Gasteiger partial charge in [-0.1, -0.05) is 12.1 Å². The molecule has 1 aromatic heterocycles. The number of nitrogens with one attached hydrogen (secondary N) is 1. The topological polar surface area (TPSA) is 58.0 Å². The summed E-state index contributed by atoms with van der Waals surface area (Å²) in [5, 5.41) is 9.89. The predicted octanol–water partition coefficient (Wildman–Crippen LogP) is 5.99. The van der Waals surface area contributed by atoms with E-state index in [2.05, 4.69) is 11.1 Å². The average Bonchev–Trinajstić information content (AvgIpc) is 3.16. The van der Waals surface area contributed by atoms with Gasteiger partial charge in [0.1, 0.15) is 24.0 Å². The van der Waals surface area contributed by atoms with Crippen molar-refractivity contribution in [1.82, 2.24) is 4.98 Å². The zero-order valence-corrected chi connectivity index (χ0v) is 17.1. The quantitative estimate of drug-likeness (QED) is 0.392. The van der Waals surface area contributed by atoms with Crippen LogP contribution in [0.2, 0.25) is 0 Å². The normalized spacial score (nSPS) is 10.9. The molecule has 4 rings (SSSR count). The molecule has 3 aromatic carbocycles. The summed E-state index contributed by atoms with van der Waals surface area (Å²) < 4.78 is 39.6. The van der Waals surface area contributed by atoms with Crippen molar-refractivity contribution in [2.24, 2.45) is 0 Å². The minimum Gasteiger partial charge on any atom is -0.491 e. The third-order valence-electron chi connectivity index (χ3n) is 5.13. The Morgan fingerprint density at radius 2 is 1.74 bits per heavy atom. The number of aromatic nitrogens is 1. The van der Waals surface area contributed by atoms with Gasteiger partial charge in [0.25, 0.3) is 0 Å². The molecule has 0 saturated heterocycles.